The lowest BCUT2D eigenvalue weighted by Gasteiger charge is -2.10. The van der Waals surface area contributed by atoms with Gasteiger partial charge < -0.3 is 14.8 Å². The third-order valence-electron chi connectivity index (χ3n) is 4.70. The Balaban J connectivity index is 1.36. The van der Waals surface area contributed by atoms with Gasteiger partial charge in [0.25, 0.3) is 11.5 Å². The Hall–Kier alpha value is -3.72. The number of anilines is 1. The van der Waals surface area contributed by atoms with E-state index in [1.165, 1.54) is 21.9 Å². The summed E-state index contributed by atoms with van der Waals surface area (Å²) in [7, 11) is 0. The summed E-state index contributed by atoms with van der Waals surface area (Å²) in [5.74, 6) is 1.12. The van der Waals surface area contributed by atoms with Crippen LogP contribution in [0.15, 0.2) is 59.4 Å². The number of carbonyl (C=O) groups excluding carboxylic acids is 1. The van der Waals surface area contributed by atoms with Gasteiger partial charge in [0.15, 0.2) is 6.61 Å². The van der Waals surface area contributed by atoms with Gasteiger partial charge in [0, 0.05) is 23.7 Å². The van der Waals surface area contributed by atoms with E-state index in [-0.39, 0.29) is 30.6 Å². The number of aromatic nitrogens is 3. The van der Waals surface area contributed by atoms with Crippen LogP contribution >= 0.6 is 11.3 Å². The van der Waals surface area contributed by atoms with Crippen molar-refractivity contribution >= 4 is 27.9 Å². The standard InChI is InChI=1S/C24H24N4O4S/c1-15(2)23-27-28-22(30)12-18(26-24(28)33-23)13-31-20-6-4-5-17(11-20)25-21(29)14-32-19-9-7-16(3)8-10-19/h4-12,15H,13-14H2,1-3H3,(H,25,29). The maximum Gasteiger partial charge on any atom is 0.275 e. The molecule has 0 spiro atoms. The van der Waals surface area contributed by atoms with Crippen molar-refractivity contribution in [1.82, 2.24) is 14.6 Å². The van der Waals surface area contributed by atoms with Crippen LogP contribution in [0.25, 0.3) is 4.96 Å². The third kappa shape index (κ3) is 5.75. The number of fused-ring (bicyclic) bond motifs is 1. The van der Waals surface area contributed by atoms with E-state index in [2.05, 4.69) is 15.4 Å². The zero-order valence-electron chi connectivity index (χ0n) is 18.6. The number of aryl methyl sites for hydroxylation is 1. The Morgan fingerprint density at radius 3 is 2.64 bits per heavy atom. The van der Waals surface area contributed by atoms with Crippen LogP contribution in [-0.4, -0.2) is 27.1 Å². The quantitative estimate of drug-likeness (QED) is 0.420. The number of ether oxygens (including phenoxy) is 2. The van der Waals surface area contributed by atoms with Gasteiger partial charge in [0.1, 0.15) is 23.1 Å². The molecule has 2 aromatic heterocycles. The topological polar surface area (TPSA) is 94.8 Å². The monoisotopic (exact) mass is 464 g/mol. The Bertz CT molecular complexity index is 1330. The number of rotatable bonds is 8. The molecule has 0 atom stereocenters. The van der Waals surface area contributed by atoms with Crippen molar-refractivity contribution in [2.24, 2.45) is 0 Å². The van der Waals surface area contributed by atoms with Gasteiger partial charge in [0.2, 0.25) is 4.96 Å². The molecule has 0 aliphatic rings. The molecule has 2 aromatic carbocycles. The Labute approximate surface area is 194 Å². The van der Waals surface area contributed by atoms with Gasteiger partial charge in [-0.15, -0.1) is 0 Å². The molecule has 8 nitrogen and oxygen atoms in total. The largest absolute Gasteiger partial charge is 0.487 e. The van der Waals surface area contributed by atoms with Gasteiger partial charge in [-0.3, -0.25) is 9.59 Å². The van der Waals surface area contributed by atoms with Crippen LogP contribution in [0.5, 0.6) is 11.5 Å². The van der Waals surface area contributed by atoms with Crippen molar-refractivity contribution in [3.05, 3.63) is 81.2 Å². The zero-order valence-corrected chi connectivity index (χ0v) is 19.4. The number of carbonyl (C=O) groups is 1. The first kappa shape index (κ1) is 22.5. The van der Waals surface area contributed by atoms with E-state index in [1.54, 1.807) is 24.3 Å². The van der Waals surface area contributed by atoms with Crippen molar-refractivity contribution < 1.29 is 14.3 Å². The van der Waals surface area contributed by atoms with E-state index >= 15 is 0 Å². The normalized spacial score (nSPS) is 11.0. The smallest absolute Gasteiger partial charge is 0.275 e. The predicted molar refractivity (Wildman–Crippen MR) is 127 cm³/mol. The first-order valence-electron chi connectivity index (χ1n) is 10.5. The lowest BCUT2D eigenvalue weighted by Crippen LogP contribution is -2.20. The maximum atomic E-state index is 12.4. The summed E-state index contributed by atoms with van der Waals surface area (Å²) in [6.07, 6.45) is 0. The second-order valence-electron chi connectivity index (χ2n) is 7.84. The summed E-state index contributed by atoms with van der Waals surface area (Å²) in [6.45, 7) is 6.05. The van der Waals surface area contributed by atoms with Crippen molar-refractivity contribution in [2.45, 2.75) is 33.3 Å². The molecule has 0 unspecified atom stereocenters. The minimum Gasteiger partial charge on any atom is -0.487 e. The molecule has 0 fully saturated rings. The molecule has 33 heavy (non-hydrogen) atoms. The second kappa shape index (κ2) is 9.83. The highest BCUT2D eigenvalue weighted by Gasteiger charge is 2.12. The molecule has 1 N–H and O–H groups in total. The Kier molecular flexibility index (Phi) is 6.69. The summed E-state index contributed by atoms with van der Waals surface area (Å²) in [6, 6.07) is 15.9. The van der Waals surface area contributed by atoms with Gasteiger partial charge in [-0.05, 0) is 31.2 Å². The number of nitrogens with zero attached hydrogens (tertiary/aromatic N) is 3. The zero-order chi connectivity index (χ0) is 23.4. The van der Waals surface area contributed by atoms with Gasteiger partial charge in [-0.2, -0.15) is 9.61 Å². The average Bonchev–Trinajstić information content (AvgIpc) is 3.23. The van der Waals surface area contributed by atoms with Crippen LogP contribution < -0.4 is 20.3 Å². The Morgan fingerprint density at radius 2 is 1.88 bits per heavy atom. The molecule has 4 rings (SSSR count). The molecule has 0 saturated carbocycles. The molecule has 0 aliphatic carbocycles. The number of hydrogen-bond acceptors (Lipinski definition) is 7. The summed E-state index contributed by atoms with van der Waals surface area (Å²) in [4.78, 5) is 29.6. The molecule has 0 saturated heterocycles. The number of benzene rings is 2. The van der Waals surface area contributed by atoms with Crippen LogP contribution in [0.3, 0.4) is 0 Å². The number of amides is 1. The van der Waals surface area contributed by atoms with E-state index in [0.29, 0.717) is 27.8 Å². The molecular formula is C24H24N4O4S. The first-order valence-corrected chi connectivity index (χ1v) is 11.3. The molecule has 0 aliphatic heterocycles. The minimum absolute atomic E-state index is 0.102. The molecule has 2 heterocycles. The van der Waals surface area contributed by atoms with Crippen LogP contribution in [0, 0.1) is 6.92 Å². The van der Waals surface area contributed by atoms with E-state index in [0.717, 1.165) is 10.6 Å². The highest BCUT2D eigenvalue weighted by Crippen LogP contribution is 2.21. The van der Waals surface area contributed by atoms with Crippen molar-refractivity contribution in [3.63, 3.8) is 0 Å². The summed E-state index contributed by atoms with van der Waals surface area (Å²) >= 11 is 1.39. The summed E-state index contributed by atoms with van der Waals surface area (Å²) in [5, 5.41) is 7.96. The molecule has 4 aromatic rings. The maximum absolute atomic E-state index is 12.4. The van der Waals surface area contributed by atoms with Crippen molar-refractivity contribution in [3.8, 4) is 11.5 Å². The van der Waals surface area contributed by atoms with E-state index in [4.69, 9.17) is 9.47 Å². The van der Waals surface area contributed by atoms with Gasteiger partial charge in [-0.25, -0.2) is 4.98 Å². The van der Waals surface area contributed by atoms with Gasteiger partial charge in [-0.1, -0.05) is 48.9 Å². The van der Waals surface area contributed by atoms with Crippen molar-refractivity contribution in [2.75, 3.05) is 11.9 Å². The predicted octanol–water partition coefficient (Wildman–Crippen LogP) is 4.18. The lowest BCUT2D eigenvalue weighted by atomic mass is 10.2. The fourth-order valence-corrected chi connectivity index (χ4v) is 3.91. The molecule has 1 amide bonds. The summed E-state index contributed by atoms with van der Waals surface area (Å²) < 4.78 is 12.6. The second-order valence-corrected chi connectivity index (χ2v) is 8.83. The highest BCUT2D eigenvalue weighted by atomic mass is 32.1. The molecule has 0 radical (unpaired) electrons. The molecule has 170 valence electrons. The lowest BCUT2D eigenvalue weighted by molar-refractivity contribution is -0.118. The van der Waals surface area contributed by atoms with Gasteiger partial charge >= 0.3 is 0 Å². The van der Waals surface area contributed by atoms with E-state index in [1.807, 2.05) is 45.0 Å². The minimum atomic E-state index is -0.279. The van der Waals surface area contributed by atoms with E-state index < -0.39 is 0 Å². The average molecular weight is 465 g/mol. The number of nitrogens with one attached hydrogen (secondary N) is 1. The molecule has 0 bridgehead atoms. The SMILES string of the molecule is Cc1ccc(OCC(=O)Nc2cccc(OCc3cc(=O)n4nc(C(C)C)sc4n3)c2)cc1. The van der Waals surface area contributed by atoms with Crippen LogP contribution in [0.2, 0.25) is 0 Å². The first-order chi connectivity index (χ1) is 15.9. The molecule has 9 heteroatoms. The van der Waals surface area contributed by atoms with Gasteiger partial charge in [0.05, 0.1) is 5.69 Å². The summed E-state index contributed by atoms with van der Waals surface area (Å²) in [5.41, 5.74) is 1.98. The van der Waals surface area contributed by atoms with Crippen molar-refractivity contribution in [1.29, 1.82) is 0 Å². The number of hydrogen-bond donors (Lipinski definition) is 1. The van der Waals surface area contributed by atoms with Crippen LogP contribution in [-0.2, 0) is 11.4 Å². The fourth-order valence-electron chi connectivity index (χ4n) is 2.98. The highest BCUT2D eigenvalue weighted by molar-refractivity contribution is 7.16. The van der Waals surface area contributed by atoms with Crippen LogP contribution in [0.1, 0.15) is 36.0 Å². The van der Waals surface area contributed by atoms with Crippen LogP contribution in [0.4, 0.5) is 5.69 Å². The Morgan fingerprint density at radius 1 is 1.09 bits per heavy atom. The molecular weight excluding hydrogens is 440 g/mol. The fraction of sp³-hybridized carbons (Fsp3) is 0.250. The third-order valence-corrected chi connectivity index (χ3v) is 5.91. The van der Waals surface area contributed by atoms with E-state index in [9.17, 15) is 9.59 Å².